The number of anilines is 2. The molecule has 0 saturated carbocycles. The molecule has 0 spiro atoms. The van der Waals surface area contributed by atoms with Crippen LogP contribution < -0.4 is 10.6 Å². The van der Waals surface area contributed by atoms with Crippen LogP contribution in [0.25, 0.3) is 0 Å². The van der Waals surface area contributed by atoms with E-state index in [-0.39, 0.29) is 5.91 Å². The molecule has 1 heterocycles. The van der Waals surface area contributed by atoms with Gasteiger partial charge < -0.3 is 10.6 Å². The highest BCUT2D eigenvalue weighted by molar-refractivity contribution is 6.30. The number of halogens is 3. The van der Waals surface area contributed by atoms with Crippen LogP contribution in [0.2, 0.25) is 5.02 Å². The van der Waals surface area contributed by atoms with Crippen LogP contribution in [0.1, 0.15) is 15.9 Å². The molecule has 0 fully saturated rings. The predicted molar refractivity (Wildman–Crippen MR) is 101 cm³/mol. The minimum atomic E-state index is -0.955. The van der Waals surface area contributed by atoms with Crippen LogP contribution in [0.4, 0.5) is 20.2 Å². The lowest BCUT2D eigenvalue weighted by atomic mass is 10.1. The number of nitrogens with zero attached hydrogens (tertiary/aromatic N) is 1. The molecule has 3 rings (SSSR count). The number of aromatic nitrogens is 1. The van der Waals surface area contributed by atoms with Gasteiger partial charge in [0.25, 0.3) is 5.91 Å². The largest absolute Gasteiger partial charge is 0.354 e. The Bertz CT molecular complexity index is 948. The maximum Gasteiger partial charge on any atom is 0.252 e. The second kappa shape index (κ2) is 8.60. The molecule has 0 bridgehead atoms. The molecule has 0 unspecified atom stereocenters. The average Bonchev–Trinajstić information content (AvgIpc) is 2.66. The van der Waals surface area contributed by atoms with Gasteiger partial charge in [-0.15, -0.1) is 0 Å². The van der Waals surface area contributed by atoms with Crippen LogP contribution in [0.5, 0.6) is 0 Å². The van der Waals surface area contributed by atoms with Gasteiger partial charge >= 0.3 is 0 Å². The highest BCUT2D eigenvalue weighted by Gasteiger charge is 2.08. The van der Waals surface area contributed by atoms with Crippen molar-refractivity contribution < 1.29 is 13.6 Å². The number of rotatable bonds is 6. The number of amides is 1. The van der Waals surface area contributed by atoms with E-state index in [0.717, 1.165) is 17.7 Å². The van der Waals surface area contributed by atoms with E-state index in [2.05, 4.69) is 15.6 Å². The molecule has 0 aliphatic heterocycles. The average molecular weight is 388 g/mol. The van der Waals surface area contributed by atoms with Gasteiger partial charge in [0.15, 0.2) is 11.6 Å². The van der Waals surface area contributed by atoms with E-state index in [0.29, 0.717) is 34.9 Å². The summed E-state index contributed by atoms with van der Waals surface area (Å²) in [6.07, 6.45) is 3.60. The summed E-state index contributed by atoms with van der Waals surface area (Å²) < 4.78 is 26.3. The van der Waals surface area contributed by atoms with Gasteiger partial charge in [0.1, 0.15) is 0 Å². The number of nitrogens with one attached hydrogen (secondary N) is 2. The first-order chi connectivity index (χ1) is 13.0. The van der Waals surface area contributed by atoms with Gasteiger partial charge in [-0.25, -0.2) is 8.78 Å². The fourth-order valence-electron chi connectivity index (χ4n) is 2.45. The lowest BCUT2D eigenvalue weighted by molar-refractivity contribution is 0.0954. The van der Waals surface area contributed by atoms with Crippen molar-refractivity contribution in [2.24, 2.45) is 0 Å². The first kappa shape index (κ1) is 18.8. The Labute approximate surface area is 160 Å². The van der Waals surface area contributed by atoms with Crippen LogP contribution in [0, 0.1) is 11.6 Å². The summed E-state index contributed by atoms with van der Waals surface area (Å²) >= 11 is 5.84. The van der Waals surface area contributed by atoms with Gasteiger partial charge in [-0.3, -0.25) is 9.78 Å². The van der Waals surface area contributed by atoms with E-state index in [1.54, 1.807) is 18.2 Å². The molecule has 3 aromatic rings. The quantitative estimate of drug-likeness (QED) is 0.643. The summed E-state index contributed by atoms with van der Waals surface area (Å²) in [6.45, 7) is 0.460. The van der Waals surface area contributed by atoms with Crippen LogP contribution in [0.15, 0.2) is 60.9 Å². The summed E-state index contributed by atoms with van der Waals surface area (Å²) in [5.74, 6) is -2.15. The summed E-state index contributed by atoms with van der Waals surface area (Å²) in [7, 11) is 0. The second-order valence-electron chi connectivity index (χ2n) is 5.85. The number of carbonyl (C=O) groups is 1. The van der Waals surface area contributed by atoms with Crippen molar-refractivity contribution in [3.8, 4) is 0 Å². The Morgan fingerprint density at radius 3 is 2.48 bits per heavy atom. The fourth-order valence-corrected chi connectivity index (χ4v) is 2.57. The van der Waals surface area contributed by atoms with E-state index >= 15 is 0 Å². The molecule has 4 nitrogen and oxygen atoms in total. The molecule has 27 heavy (non-hydrogen) atoms. The molecular formula is C20H16ClF2N3O. The van der Waals surface area contributed by atoms with Crippen LogP contribution in [0.3, 0.4) is 0 Å². The van der Waals surface area contributed by atoms with Gasteiger partial charge in [0.05, 0.1) is 17.4 Å². The molecule has 1 aromatic heterocycles. The Morgan fingerprint density at radius 1 is 0.963 bits per heavy atom. The molecule has 138 valence electrons. The zero-order valence-corrected chi connectivity index (χ0v) is 14.9. The van der Waals surface area contributed by atoms with Crippen LogP contribution >= 0.6 is 11.6 Å². The minimum absolute atomic E-state index is 0.273. The van der Waals surface area contributed by atoms with Crippen molar-refractivity contribution in [1.82, 2.24) is 10.3 Å². The first-order valence-corrected chi connectivity index (χ1v) is 8.59. The maximum absolute atomic E-state index is 13.3. The predicted octanol–water partition coefficient (Wildman–Crippen LogP) is 4.73. The monoisotopic (exact) mass is 387 g/mol. The Balaban J connectivity index is 1.59. The van der Waals surface area contributed by atoms with E-state index < -0.39 is 11.6 Å². The van der Waals surface area contributed by atoms with Crippen molar-refractivity contribution in [3.63, 3.8) is 0 Å². The SMILES string of the molecule is O=C(NCCc1ccc(Cl)cc1)c1cncc(Nc2ccc(F)c(F)c2)c1. The summed E-state index contributed by atoms with van der Waals surface area (Å²) in [4.78, 5) is 16.3. The number of benzene rings is 2. The zero-order chi connectivity index (χ0) is 19.2. The fraction of sp³-hybridized carbons (Fsp3) is 0.100. The van der Waals surface area contributed by atoms with Crippen molar-refractivity contribution in [2.75, 3.05) is 11.9 Å². The third-order valence-corrected chi connectivity index (χ3v) is 4.07. The molecular weight excluding hydrogens is 372 g/mol. The molecule has 0 atom stereocenters. The lowest BCUT2D eigenvalue weighted by Gasteiger charge is -2.09. The maximum atomic E-state index is 13.3. The smallest absolute Gasteiger partial charge is 0.252 e. The summed E-state index contributed by atoms with van der Waals surface area (Å²) in [6, 6.07) is 12.5. The zero-order valence-electron chi connectivity index (χ0n) is 14.2. The van der Waals surface area contributed by atoms with Crippen LogP contribution in [-0.2, 0) is 6.42 Å². The van der Waals surface area contributed by atoms with E-state index in [1.807, 2.05) is 12.1 Å². The lowest BCUT2D eigenvalue weighted by Crippen LogP contribution is -2.25. The molecule has 7 heteroatoms. The van der Waals surface area contributed by atoms with Crippen molar-refractivity contribution in [2.45, 2.75) is 6.42 Å². The highest BCUT2D eigenvalue weighted by Crippen LogP contribution is 2.19. The van der Waals surface area contributed by atoms with Crippen molar-refractivity contribution in [1.29, 1.82) is 0 Å². The van der Waals surface area contributed by atoms with Gasteiger partial charge in [-0.1, -0.05) is 23.7 Å². The summed E-state index contributed by atoms with van der Waals surface area (Å²) in [5, 5.41) is 6.38. The topological polar surface area (TPSA) is 54.0 Å². The Kier molecular flexibility index (Phi) is 5.98. The molecule has 2 aromatic carbocycles. The van der Waals surface area contributed by atoms with E-state index in [9.17, 15) is 13.6 Å². The number of pyridine rings is 1. The minimum Gasteiger partial charge on any atom is -0.354 e. The second-order valence-corrected chi connectivity index (χ2v) is 6.28. The standard InChI is InChI=1S/C20H16ClF2N3O/c21-15-3-1-13(2-4-15)7-8-25-20(27)14-9-17(12-24-11-14)26-16-5-6-18(22)19(23)10-16/h1-6,9-12,26H,7-8H2,(H,25,27). The third-order valence-electron chi connectivity index (χ3n) is 3.82. The Hall–Kier alpha value is -2.99. The number of hydrogen-bond donors (Lipinski definition) is 2. The first-order valence-electron chi connectivity index (χ1n) is 8.21. The normalized spacial score (nSPS) is 10.5. The summed E-state index contributed by atoms with van der Waals surface area (Å²) in [5.41, 5.74) is 2.27. The third kappa shape index (κ3) is 5.24. The molecule has 0 aliphatic rings. The number of carbonyl (C=O) groups excluding carboxylic acids is 1. The van der Waals surface area contributed by atoms with E-state index in [4.69, 9.17) is 11.6 Å². The molecule has 1 amide bonds. The number of hydrogen-bond acceptors (Lipinski definition) is 3. The molecule has 0 radical (unpaired) electrons. The molecule has 0 aliphatic carbocycles. The van der Waals surface area contributed by atoms with Gasteiger partial charge in [-0.05, 0) is 42.3 Å². The van der Waals surface area contributed by atoms with Gasteiger partial charge in [0.2, 0.25) is 0 Å². The van der Waals surface area contributed by atoms with Crippen LogP contribution in [-0.4, -0.2) is 17.4 Å². The van der Waals surface area contributed by atoms with Crippen molar-refractivity contribution in [3.05, 3.63) is 88.7 Å². The molecule has 0 saturated heterocycles. The van der Waals surface area contributed by atoms with Crippen molar-refractivity contribution >= 4 is 28.9 Å². The van der Waals surface area contributed by atoms with E-state index in [1.165, 1.54) is 18.5 Å². The Morgan fingerprint density at radius 2 is 1.74 bits per heavy atom. The molecule has 2 N–H and O–H groups in total. The van der Waals surface area contributed by atoms with Gasteiger partial charge in [-0.2, -0.15) is 0 Å². The highest BCUT2D eigenvalue weighted by atomic mass is 35.5. The van der Waals surface area contributed by atoms with Gasteiger partial charge in [0, 0.05) is 29.5 Å².